The van der Waals surface area contributed by atoms with Crippen LogP contribution >= 0.6 is 0 Å². The van der Waals surface area contributed by atoms with Gasteiger partial charge in [0, 0.05) is 24.1 Å². The Morgan fingerprint density at radius 2 is 2.17 bits per heavy atom. The van der Waals surface area contributed by atoms with Gasteiger partial charge in [0.15, 0.2) is 0 Å². The number of nitrogens with zero attached hydrogens (tertiary/aromatic N) is 2. The number of fused-ring (bicyclic) bond motifs is 1. The molecule has 1 aromatic heterocycles. The molecule has 94 valence electrons. The number of imidazole rings is 1. The van der Waals surface area contributed by atoms with Crippen molar-refractivity contribution in [3.8, 4) is 0 Å². The van der Waals surface area contributed by atoms with Crippen LogP contribution in [0, 0.1) is 0 Å². The molecular formula is C15H19N3. The third-order valence-corrected chi connectivity index (χ3v) is 3.67. The predicted octanol–water partition coefficient (Wildman–Crippen LogP) is 3.24. The van der Waals surface area contributed by atoms with Crippen LogP contribution in [0.5, 0.6) is 0 Å². The standard InChI is InChI=1S/C15H19N3/c1-2-17-13-8-6-12(7-9-13)15-5-3-4-14-10-16-11-18(14)15/h6-11,15,17H,2-5H2,1H3. The number of hydrogen-bond acceptors (Lipinski definition) is 2. The average Bonchev–Trinajstić information content (AvgIpc) is 2.88. The third kappa shape index (κ3) is 2.01. The first-order valence-electron chi connectivity index (χ1n) is 6.73. The molecular weight excluding hydrogens is 222 g/mol. The molecule has 0 spiro atoms. The second-order valence-corrected chi connectivity index (χ2v) is 4.85. The molecule has 3 nitrogen and oxygen atoms in total. The van der Waals surface area contributed by atoms with Gasteiger partial charge in [-0.05, 0) is 43.9 Å². The van der Waals surface area contributed by atoms with Gasteiger partial charge in [-0.25, -0.2) is 4.98 Å². The van der Waals surface area contributed by atoms with Gasteiger partial charge in [-0.15, -0.1) is 0 Å². The van der Waals surface area contributed by atoms with Crippen LogP contribution in [0.15, 0.2) is 36.8 Å². The zero-order valence-electron chi connectivity index (χ0n) is 10.8. The van der Waals surface area contributed by atoms with Crippen molar-refractivity contribution in [3.63, 3.8) is 0 Å². The monoisotopic (exact) mass is 241 g/mol. The molecule has 0 bridgehead atoms. The van der Waals surface area contributed by atoms with Crippen molar-refractivity contribution >= 4 is 5.69 Å². The lowest BCUT2D eigenvalue weighted by molar-refractivity contribution is 0.458. The van der Waals surface area contributed by atoms with E-state index in [0.29, 0.717) is 6.04 Å². The number of benzene rings is 1. The normalized spacial score (nSPS) is 18.4. The van der Waals surface area contributed by atoms with Gasteiger partial charge in [0.1, 0.15) is 0 Å². The highest BCUT2D eigenvalue weighted by molar-refractivity contribution is 5.45. The van der Waals surface area contributed by atoms with Crippen LogP contribution < -0.4 is 5.32 Å². The smallest absolute Gasteiger partial charge is 0.0953 e. The molecule has 1 N–H and O–H groups in total. The largest absolute Gasteiger partial charge is 0.385 e. The molecule has 18 heavy (non-hydrogen) atoms. The Kier molecular flexibility index (Phi) is 3.05. The molecule has 0 amide bonds. The minimum atomic E-state index is 0.465. The number of nitrogens with one attached hydrogen (secondary N) is 1. The Morgan fingerprint density at radius 3 is 2.94 bits per heavy atom. The van der Waals surface area contributed by atoms with Gasteiger partial charge in [-0.2, -0.15) is 0 Å². The molecule has 3 rings (SSSR count). The molecule has 1 aliphatic heterocycles. The van der Waals surface area contributed by atoms with Crippen molar-refractivity contribution in [1.82, 2.24) is 9.55 Å². The summed E-state index contributed by atoms with van der Waals surface area (Å²) < 4.78 is 2.33. The van der Waals surface area contributed by atoms with Crippen LogP contribution in [0.3, 0.4) is 0 Å². The third-order valence-electron chi connectivity index (χ3n) is 3.67. The minimum Gasteiger partial charge on any atom is -0.385 e. The van der Waals surface area contributed by atoms with Crippen molar-refractivity contribution in [2.24, 2.45) is 0 Å². The van der Waals surface area contributed by atoms with E-state index in [9.17, 15) is 0 Å². The van der Waals surface area contributed by atoms with E-state index in [4.69, 9.17) is 0 Å². The molecule has 1 atom stereocenters. The van der Waals surface area contributed by atoms with E-state index in [0.717, 1.165) is 13.0 Å². The van der Waals surface area contributed by atoms with Crippen molar-refractivity contribution in [2.45, 2.75) is 32.2 Å². The van der Waals surface area contributed by atoms with Crippen molar-refractivity contribution < 1.29 is 0 Å². The lowest BCUT2D eigenvalue weighted by atomic mass is 9.96. The summed E-state index contributed by atoms with van der Waals surface area (Å²) in [4.78, 5) is 4.28. The van der Waals surface area contributed by atoms with Gasteiger partial charge >= 0.3 is 0 Å². The molecule has 0 fully saturated rings. The fourth-order valence-electron chi connectivity index (χ4n) is 2.78. The maximum atomic E-state index is 4.28. The highest BCUT2D eigenvalue weighted by Gasteiger charge is 2.20. The predicted molar refractivity (Wildman–Crippen MR) is 73.9 cm³/mol. The molecule has 0 radical (unpaired) electrons. The van der Waals surface area contributed by atoms with Crippen LogP contribution in [0.4, 0.5) is 5.69 Å². The summed E-state index contributed by atoms with van der Waals surface area (Å²) >= 11 is 0. The van der Waals surface area contributed by atoms with Gasteiger partial charge in [0.2, 0.25) is 0 Å². The molecule has 1 aliphatic rings. The molecule has 0 aliphatic carbocycles. The topological polar surface area (TPSA) is 29.9 Å². The molecule has 0 saturated carbocycles. The van der Waals surface area contributed by atoms with E-state index in [-0.39, 0.29) is 0 Å². The molecule has 0 saturated heterocycles. The van der Waals surface area contributed by atoms with Crippen LogP contribution in [-0.4, -0.2) is 16.1 Å². The van der Waals surface area contributed by atoms with Crippen LogP contribution in [-0.2, 0) is 6.42 Å². The van der Waals surface area contributed by atoms with E-state index in [1.54, 1.807) is 0 Å². The van der Waals surface area contributed by atoms with Gasteiger partial charge < -0.3 is 9.88 Å². The van der Waals surface area contributed by atoms with Crippen LogP contribution in [0.25, 0.3) is 0 Å². The van der Waals surface area contributed by atoms with Crippen LogP contribution in [0.2, 0.25) is 0 Å². The Hall–Kier alpha value is -1.77. The maximum absolute atomic E-state index is 4.28. The number of aryl methyl sites for hydroxylation is 1. The van der Waals surface area contributed by atoms with E-state index in [1.165, 1.54) is 29.8 Å². The Morgan fingerprint density at radius 1 is 1.33 bits per heavy atom. The first kappa shape index (κ1) is 11.3. The summed E-state index contributed by atoms with van der Waals surface area (Å²) in [5.74, 6) is 0. The highest BCUT2D eigenvalue weighted by atomic mass is 15.1. The molecule has 1 unspecified atom stereocenters. The summed E-state index contributed by atoms with van der Waals surface area (Å²) in [5, 5.41) is 3.33. The van der Waals surface area contributed by atoms with Gasteiger partial charge in [-0.1, -0.05) is 12.1 Å². The fourth-order valence-corrected chi connectivity index (χ4v) is 2.78. The van der Waals surface area contributed by atoms with Crippen molar-refractivity contribution in [1.29, 1.82) is 0 Å². The summed E-state index contributed by atoms with van der Waals surface area (Å²) in [5.41, 5.74) is 3.94. The SMILES string of the molecule is CCNc1ccc(C2CCCc3cncn32)cc1. The van der Waals surface area contributed by atoms with E-state index >= 15 is 0 Å². The molecule has 2 aromatic rings. The first-order valence-corrected chi connectivity index (χ1v) is 6.73. The van der Waals surface area contributed by atoms with Gasteiger partial charge in [0.25, 0.3) is 0 Å². The van der Waals surface area contributed by atoms with Gasteiger partial charge in [-0.3, -0.25) is 0 Å². The second kappa shape index (κ2) is 4.84. The Balaban J connectivity index is 1.88. The lowest BCUT2D eigenvalue weighted by Gasteiger charge is -2.26. The molecule has 3 heteroatoms. The number of anilines is 1. The number of hydrogen-bond donors (Lipinski definition) is 1. The fraction of sp³-hybridized carbons (Fsp3) is 0.400. The lowest BCUT2D eigenvalue weighted by Crippen LogP contribution is -2.17. The first-order chi connectivity index (χ1) is 8.88. The summed E-state index contributed by atoms with van der Waals surface area (Å²) in [6.07, 6.45) is 7.59. The summed E-state index contributed by atoms with van der Waals surface area (Å²) in [6, 6.07) is 9.27. The van der Waals surface area contributed by atoms with E-state index in [1.807, 2.05) is 12.5 Å². The van der Waals surface area contributed by atoms with Crippen molar-refractivity contribution in [3.05, 3.63) is 48.0 Å². The summed E-state index contributed by atoms with van der Waals surface area (Å²) in [7, 11) is 0. The number of rotatable bonds is 3. The van der Waals surface area contributed by atoms with Crippen LogP contribution in [0.1, 0.15) is 37.1 Å². The Labute approximate surface area is 108 Å². The average molecular weight is 241 g/mol. The maximum Gasteiger partial charge on any atom is 0.0953 e. The highest BCUT2D eigenvalue weighted by Crippen LogP contribution is 2.30. The second-order valence-electron chi connectivity index (χ2n) is 4.85. The van der Waals surface area contributed by atoms with E-state index < -0.39 is 0 Å². The van der Waals surface area contributed by atoms with Crippen molar-refractivity contribution in [2.75, 3.05) is 11.9 Å². The number of aromatic nitrogens is 2. The zero-order chi connectivity index (χ0) is 12.4. The van der Waals surface area contributed by atoms with E-state index in [2.05, 4.69) is 46.1 Å². The quantitative estimate of drug-likeness (QED) is 0.894. The Bertz CT molecular complexity index is 513. The summed E-state index contributed by atoms with van der Waals surface area (Å²) in [6.45, 7) is 3.08. The molecule has 2 heterocycles. The minimum absolute atomic E-state index is 0.465. The van der Waals surface area contributed by atoms with Gasteiger partial charge in [0.05, 0.1) is 12.4 Å². The molecule has 1 aromatic carbocycles. The zero-order valence-corrected chi connectivity index (χ0v) is 10.8.